The van der Waals surface area contributed by atoms with Gasteiger partial charge in [-0.2, -0.15) is 10.4 Å². The highest BCUT2D eigenvalue weighted by Gasteiger charge is 2.45. The van der Waals surface area contributed by atoms with E-state index >= 15 is 0 Å². The average Bonchev–Trinajstić information content (AvgIpc) is 3.21. The minimum absolute atomic E-state index is 0.266. The molecular formula is C16H16N4O2. The maximum Gasteiger partial charge on any atom is 0.256 e. The molecule has 0 unspecified atom stereocenters. The molecule has 3 rings (SSSR count). The van der Waals surface area contributed by atoms with E-state index in [1.165, 1.54) is 6.20 Å². The Balaban J connectivity index is 1.92. The molecule has 1 heterocycles. The van der Waals surface area contributed by atoms with Crippen LogP contribution in [0.25, 0.3) is 5.69 Å². The number of hydrogen-bond donors (Lipinski definition) is 1. The Bertz CT molecular complexity index is 769. The molecule has 0 aliphatic heterocycles. The fourth-order valence-corrected chi connectivity index (χ4v) is 2.35. The van der Waals surface area contributed by atoms with Crippen LogP contribution in [0.2, 0.25) is 0 Å². The van der Waals surface area contributed by atoms with E-state index in [1.54, 1.807) is 11.8 Å². The van der Waals surface area contributed by atoms with Crippen LogP contribution in [0.3, 0.4) is 0 Å². The van der Waals surface area contributed by atoms with Gasteiger partial charge in [-0.05, 0) is 31.9 Å². The first-order valence-electron chi connectivity index (χ1n) is 7.02. The number of nitrogens with one attached hydrogen (secondary N) is 1. The van der Waals surface area contributed by atoms with E-state index in [2.05, 4.69) is 16.5 Å². The second-order valence-electron chi connectivity index (χ2n) is 5.38. The Labute approximate surface area is 128 Å². The largest absolute Gasteiger partial charge is 0.494 e. The third-order valence-electron chi connectivity index (χ3n) is 3.88. The number of hydrogen-bond acceptors (Lipinski definition) is 4. The number of carbonyl (C=O) groups excluding carboxylic acids is 1. The van der Waals surface area contributed by atoms with E-state index in [0.717, 1.165) is 5.69 Å². The zero-order valence-corrected chi connectivity index (χ0v) is 12.5. The van der Waals surface area contributed by atoms with E-state index in [4.69, 9.17) is 10.00 Å². The van der Waals surface area contributed by atoms with Crippen molar-refractivity contribution in [1.82, 2.24) is 15.1 Å². The van der Waals surface area contributed by atoms with Crippen molar-refractivity contribution in [2.24, 2.45) is 0 Å². The van der Waals surface area contributed by atoms with Crippen LogP contribution in [0, 0.1) is 18.3 Å². The molecule has 1 aliphatic carbocycles. The van der Waals surface area contributed by atoms with Crippen LogP contribution in [-0.4, -0.2) is 28.3 Å². The van der Waals surface area contributed by atoms with Crippen molar-refractivity contribution in [3.05, 3.63) is 41.7 Å². The summed E-state index contributed by atoms with van der Waals surface area (Å²) in [6, 6.07) is 9.62. The van der Waals surface area contributed by atoms with Gasteiger partial charge in [0.25, 0.3) is 5.91 Å². The van der Waals surface area contributed by atoms with Gasteiger partial charge in [-0.1, -0.05) is 12.1 Å². The zero-order chi connectivity index (χ0) is 15.7. The molecule has 0 spiro atoms. The summed E-state index contributed by atoms with van der Waals surface area (Å²) in [4.78, 5) is 12.3. The fourth-order valence-electron chi connectivity index (χ4n) is 2.35. The van der Waals surface area contributed by atoms with Gasteiger partial charge >= 0.3 is 0 Å². The Morgan fingerprint density at radius 1 is 1.45 bits per heavy atom. The summed E-state index contributed by atoms with van der Waals surface area (Å²) in [6.07, 6.45) is 2.93. The van der Waals surface area contributed by atoms with Gasteiger partial charge in [0.15, 0.2) is 0 Å². The summed E-state index contributed by atoms with van der Waals surface area (Å²) >= 11 is 0. The number of methoxy groups -OCH3 is 1. The maximum absolute atomic E-state index is 12.3. The smallest absolute Gasteiger partial charge is 0.256 e. The molecule has 0 atom stereocenters. The van der Waals surface area contributed by atoms with E-state index in [0.29, 0.717) is 29.8 Å². The summed E-state index contributed by atoms with van der Waals surface area (Å²) in [5.41, 5.74) is 1.25. The number of nitriles is 1. The number of carbonyl (C=O) groups is 1. The zero-order valence-electron chi connectivity index (χ0n) is 12.5. The molecule has 1 amide bonds. The lowest BCUT2D eigenvalue weighted by atomic mass is 10.2. The second kappa shape index (κ2) is 5.19. The number of ether oxygens (including phenoxy) is 1. The topological polar surface area (TPSA) is 79.9 Å². The van der Waals surface area contributed by atoms with E-state index in [-0.39, 0.29) is 5.91 Å². The summed E-state index contributed by atoms with van der Waals surface area (Å²) < 4.78 is 6.99. The van der Waals surface area contributed by atoms with Gasteiger partial charge in [-0.15, -0.1) is 0 Å². The van der Waals surface area contributed by atoms with Crippen LogP contribution in [0.5, 0.6) is 5.75 Å². The van der Waals surface area contributed by atoms with Crippen molar-refractivity contribution >= 4 is 5.91 Å². The van der Waals surface area contributed by atoms with E-state index in [9.17, 15) is 4.79 Å². The minimum atomic E-state index is -0.684. The highest BCUT2D eigenvalue weighted by atomic mass is 16.5. The van der Waals surface area contributed by atoms with Gasteiger partial charge in [0.1, 0.15) is 17.0 Å². The van der Waals surface area contributed by atoms with Gasteiger partial charge in [-0.3, -0.25) is 4.79 Å². The van der Waals surface area contributed by atoms with Gasteiger partial charge in [0.05, 0.1) is 30.6 Å². The predicted octanol–water partition coefficient (Wildman–Crippen LogP) is 1.98. The molecule has 22 heavy (non-hydrogen) atoms. The first-order chi connectivity index (χ1) is 10.6. The normalized spacial score (nSPS) is 15.0. The van der Waals surface area contributed by atoms with Crippen molar-refractivity contribution in [3.63, 3.8) is 0 Å². The average molecular weight is 296 g/mol. The van der Waals surface area contributed by atoms with Crippen molar-refractivity contribution < 1.29 is 9.53 Å². The second-order valence-corrected chi connectivity index (χ2v) is 5.38. The Hall–Kier alpha value is -2.81. The van der Waals surface area contributed by atoms with Gasteiger partial charge in [-0.25, -0.2) is 4.68 Å². The van der Waals surface area contributed by atoms with Crippen molar-refractivity contribution in [2.75, 3.05) is 7.11 Å². The summed E-state index contributed by atoms with van der Waals surface area (Å²) in [5, 5.41) is 16.1. The highest BCUT2D eigenvalue weighted by molar-refractivity contribution is 5.96. The monoisotopic (exact) mass is 296 g/mol. The first kappa shape index (κ1) is 14.1. The van der Waals surface area contributed by atoms with Crippen LogP contribution >= 0.6 is 0 Å². The lowest BCUT2D eigenvalue weighted by Gasteiger charge is -2.11. The fraction of sp³-hybridized carbons (Fsp3) is 0.312. The molecule has 1 aromatic carbocycles. The molecule has 0 radical (unpaired) electrons. The van der Waals surface area contributed by atoms with E-state index < -0.39 is 5.54 Å². The molecule has 6 nitrogen and oxygen atoms in total. The molecule has 1 N–H and O–H groups in total. The van der Waals surface area contributed by atoms with Crippen LogP contribution in [0.1, 0.15) is 28.9 Å². The highest BCUT2D eigenvalue weighted by Crippen LogP contribution is 2.34. The molecule has 1 aliphatic rings. The number of para-hydroxylation sites is 2. The molecule has 0 bridgehead atoms. The van der Waals surface area contributed by atoms with Gasteiger partial charge in [0.2, 0.25) is 0 Å². The standard InChI is InChI=1S/C16H16N4O2/c1-11-12(15(21)19-16(10-17)7-8-16)9-18-20(11)13-5-3-4-6-14(13)22-2/h3-6,9H,7-8H2,1-2H3,(H,19,21). The number of aromatic nitrogens is 2. The molecule has 112 valence electrons. The molecule has 2 aromatic rings. The number of benzene rings is 1. The van der Waals surface area contributed by atoms with Crippen LogP contribution in [0.15, 0.2) is 30.5 Å². The third-order valence-corrected chi connectivity index (χ3v) is 3.88. The first-order valence-corrected chi connectivity index (χ1v) is 7.02. The molecule has 1 saturated carbocycles. The SMILES string of the molecule is COc1ccccc1-n1ncc(C(=O)NC2(C#N)CC2)c1C. The van der Waals surface area contributed by atoms with Gasteiger partial charge in [0, 0.05) is 0 Å². The lowest BCUT2D eigenvalue weighted by molar-refractivity contribution is 0.0941. The van der Waals surface area contributed by atoms with Crippen molar-refractivity contribution in [3.8, 4) is 17.5 Å². The molecule has 6 heteroatoms. The Morgan fingerprint density at radius 2 is 2.18 bits per heavy atom. The lowest BCUT2D eigenvalue weighted by Crippen LogP contribution is -2.35. The predicted molar refractivity (Wildman–Crippen MR) is 79.9 cm³/mol. The van der Waals surface area contributed by atoms with Crippen molar-refractivity contribution in [2.45, 2.75) is 25.3 Å². The van der Waals surface area contributed by atoms with Crippen LogP contribution in [-0.2, 0) is 0 Å². The quantitative estimate of drug-likeness (QED) is 0.935. The molecule has 0 saturated heterocycles. The third kappa shape index (κ3) is 2.31. The minimum Gasteiger partial charge on any atom is -0.494 e. The molecule has 1 fully saturated rings. The van der Waals surface area contributed by atoms with E-state index in [1.807, 2.05) is 31.2 Å². The maximum atomic E-state index is 12.3. The summed E-state index contributed by atoms with van der Waals surface area (Å²) in [6.45, 7) is 1.82. The van der Waals surface area contributed by atoms with Crippen LogP contribution in [0.4, 0.5) is 0 Å². The Morgan fingerprint density at radius 3 is 2.82 bits per heavy atom. The summed E-state index contributed by atoms with van der Waals surface area (Å²) in [5.74, 6) is 0.411. The molecule has 1 aromatic heterocycles. The number of rotatable bonds is 4. The van der Waals surface area contributed by atoms with Gasteiger partial charge < -0.3 is 10.1 Å². The number of nitrogens with zero attached hydrogens (tertiary/aromatic N) is 3. The number of amides is 1. The van der Waals surface area contributed by atoms with Crippen LogP contribution < -0.4 is 10.1 Å². The van der Waals surface area contributed by atoms with Crippen molar-refractivity contribution in [1.29, 1.82) is 5.26 Å². The Kier molecular flexibility index (Phi) is 3.33. The molecular weight excluding hydrogens is 280 g/mol. The summed E-state index contributed by atoms with van der Waals surface area (Å²) in [7, 11) is 1.59.